The van der Waals surface area contributed by atoms with Crippen LogP contribution in [0.15, 0.2) is 24.3 Å². The molecule has 0 radical (unpaired) electrons. The molecule has 0 aliphatic carbocycles. The summed E-state index contributed by atoms with van der Waals surface area (Å²) in [6, 6.07) is 6.16. The standard InChI is InChI=1S/C14H20N2O3/c17-14(8-11-15-9-2-1-3-10-15)12-4-6-13(7-5-12)16(18)19/h4-7,14,17H,1-3,8-11H2. The topological polar surface area (TPSA) is 66.6 Å². The number of aliphatic hydroxyl groups excluding tert-OH is 1. The predicted octanol–water partition coefficient (Wildman–Crippen LogP) is 2.50. The van der Waals surface area contributed by atoms with Gasteiger partial charge in [0, 0.05) is 18.7 Å². The van der Waals surface area contributed by atoms with E-state index in [0.29, 0.717) is 6.42 Å². The molecule has 0 amide bonds. The lowest BCUT2D eigenvalue weighted by molar-refractivity contribution is -0.384. The summed E-state index contributed by atoms with van der Waals surface area (Å²) in [5, 5.41) is 20.6. The number of hydrogen-bond acceptors (Lipinski definition) is 4. The van der Waals surface area contributed by atoms with Gasteiger partial charge in [-0.15, -0.1) is 0 Å². The Bertz CT molecular complexity index is 413. The molecular formula is C14H20N2O3. The van der Waals surface area contributed by atoms with Crippen LogP contribution >= 0.6 is 0 Å². The van der Waals surface area contributed by atoms with E-state index in [1.165, 1.54) is 31.4 Å². The van der Waals surface area contributed by atoms with Crippen LogP contribution < -0.4 is 0 Å². The van der Waals surface area contributed by atoms with E-state index in [1.54, 1.807) is 12.1 Å². The first-order chi connectivity index (χ1) is 9.16. The minimum absolute atomic E-state index is 0.0620. The summed E-state index contributed by atoms with van der Waals surface area (Å²) < 4.78 is 0. The van der Waals surface area contributed by atoms with E-state index >= 15 is 0 Å². The summed E-state index contributed by atoms with van der Waals surface area (Å²) in [6.45, 7) is 3.12. The van der Waals surface area contributed by atoms with Crippen molar-refractivity contribution in [1.29, 1.82) is 0 Å². The number of nitro benzene ring substituents is 1. The van der Waals surface area contributed by atoms with Crippen LogP contribution in [0.2, 0.25) is 0 Å². The second-order valence-corrected chi connectivity index (χ2v) is 5.06. The summed E-state index contributed by atoms with van der Waals surface area (Å²) in [5.74, 6) is 0. The quantitative estimate of drug-likeness (QED) is 0.655. The summed E-state index contributed by atoms with van der Waals surface area (Å²) in [5.41, 5.74) is 0.814. The van der Waals surface area contributed by atoms with E-state index < -0.39 is 11.0 Å². The Hall–Kier alpha value is -1.46. The van der Waals surface area contributed by atoms with Crippen LogP contribution in [0.5, 0.6) is 0 Å². The molecule has 1 N–H and O–H groups in total. The van der Waals surface area contributed by atoms with E-state index in [2.05, 4.69) is 4.90 Å². The van der Waals surface area contributed by atoms with Crippen molar-refractivity contribution in [2.75, 3.05) is 19.6 Å². The van der Waals surface area contributed by atoms with E-state index in [1.807, 2.05) is 0 Å². The molecule has 1 heterocycles. The maximum Gasteiger partial charge on any atom is 0.269 e. The Morgan fingerprint density at radius 2 is 1.84 bits per heavy atom. The highest BCUT2D eigenvalue weighted by atomic mass is 16.6. The molecule has 2 rings (SSSR count). The van der Waals surface area contributed by atoms with Gasteiger partial charge in [-0.1, -0.05) is 6.42 Å². The zero-order valence-corrected chi connectivity index (χ0v) is 11.0. The molecule has 1 aliphatic heterocycles. The number of piperidine rings is 1. The minimum Gasteiger partial charge on any atom is -0.388 e. The molecule has 1 aromatic carbocycles. The zero-order chi connectivity index (χ0) is 13.7. The predicted molar refractivity (Wildman–Crippen MR) is 73.0 cm³/mol. The van der Waals surface area contributed by atoms with E-state index in [-0.39, 0.29) is 5.69 Å². The first-order valence-corrected chi connectivity index (χ1v) is 6.81. The zero-order valence-electron chi connectivity index (χ0n) is 11.0. The van der Waals surface area contributed by atoms with Gasteiger partial charge in [0.15, 0.2) is 0 Å². The molecule has 1 unspecified atom stereocenters. The molecule has 104 valence electrons. The van der Waals surface area contributed by atoms with Crippen molar-refractivity contribution in [2.24, 2.45) is 0 Å². The molecule has 5 heteroatoms. The van der Waals surface area contributed by atoms with Crippen LogP contribution in [0, 0.1) is 10.1 Å². The molecule has 19 heavy (non-hydrogen) atoms. The van der Waals surface area contributed by atoms with Crippen molar-refractivity contribution in [3.05, 3.63) is 39.9 Å². The van der Waals surface area contributed by atoms with E-state index in [0.717, 1.165) is 25.2 Å². The number of rotatable bonds is 5. The van der Waals surface area contributed by atoms with Crippen LogP contribution in [-0.2, 0) is 0 Å². The fourth-order valence-corrected chi connectivity index (χ4v) is 2.47. The Labute approximate surface area is 113 Å². The number of hydrogen-bond donors (Lipinski definition) is 1. The highest BCUT2D eigenvalue weighted by molar-refractivity contribution is 5.33. The SMILES string of the molecule is O=[N+]([O-])c1ccc(C(O)CCN2CCCCC2)cc1. The Balaban J connectivity index is 1.84. The van der Waals surface area contributed by atoms with Crippen LogP contribution in [-0.4, -0.2) is 34.6 Å². The Morgan fingerprint density at radius 3 is 2.42 bits per heavy atom. The Morgan fingerprint density at radius 1 is 1.21 bits per heavy atom. The van der Waals surface area contributed by atoms with Crippen molar-refractivity contribution in [3.63, 3.8) is 0 Å². The lowest BCUT2D eigenvalue weighted by Crippen LogP contribution is -2.31. The molecule has 1 saturated heterocycles. The van der Waals surface area contributed by atoms with Crippen LogP contribution in [0.25, 0.3) is 0 Å². The van der Waals surface area contributed by atoms with Crippen LogP contribution in [0.1, 0.15) is 37.4 Å². The van der Waals surface area contributed by atoms with Gasteiger partial charge in [-0.25, -0.2) is 0 Å². The van der Waals surface area contributed by atoms with Crippen molar-refractivity contribution >= 4 is 5.69 Å². The third-order valence-corrected chi connectivity index (χ3v) is 3.66. The number of benzene rings is 1. The summed E-state index contributed by atoms with van der Waals surface area (Å²) in [7, 11) is 0. The maximum atomic E-state index is 10.6. The smallest absolute Gasteiger partial charge is 0.269 e. The number of likely N-dealkylation sites (tertiary alicyclic amines) is 1. The van der Waals surface area contributed by atoms with Gasteiger partial charge in [0.25, 0.3) is 5.69 Å². The molecular weight excluding hydrogens is 244 g/mol. The van der Waals surface area contributed by atoms with Gasteiger partial charge in [0.05, 0.1) is 11.0 Å². The average molecular weight is 264 g/mol. The number of nitrogens with zero attached hydrogens (tertiary/aromatic N) is 2. The fraction of sp³-hybridized carbons (Fsp3) is 0.571. The summed E-state index contributed by atoms with van der Waals surface area (Å²) in [6.07, 6.45) is 3.93. The average Bonchev–Trinajstić information content (AvgIpc) is 2.46. The monoisotopic (exact) mass is 264 g/mol. The normalized spacial score (nSPS) is 18.2. The number of non-ortho nitro benzene ring substituents is 1. The summed E-state index contributed by atoms with van der Waals surface area (Å²) >= 11 is 0. The molecule has 5 nitrogen and oxygen atoms in total. The van der Waals surface area contributed by atoms with Gasteiger partial charge < -0.3 is 10.0 Å². The first-order valence-electron chi connectivity index (χ1n) is 6.81. The van der Waals surface area contributed by atoms with Gasteiger partial charge in [0.2, 0.25) is 0 Å². The highest BCUT2D eigenvalue weighted by Crippen LogP contribution is 2.21. The maximum absolute atomic E-state index is 10.6. The number of nitro groups is 1. The van der Waals surface area contributed by atoms with E-state index in [9.17, 15) is 15.2 Å². The lowest BCUT2D eigenvalue weighted by Gasteiger charge is -2.27. The molecule has 1 aromatic rings. The van der Waals surface area contributed by atoms with Gasteiger partial charge in [-0.2, -0.15) is 0 Å². The Kier molecular flexibility index (Phi) is 4.87. The lowest BCUT2D eigenvalue weighted by atomic mass is 10.0. The minimum atomic E-state index is -0.539. The van der Waals surface area contributed by atoms with Crippen molar-refractivity contribution < 1.29 is 10.0 Å². The summed E-state index contributed by atoms with van der Waals surface area (Å²) in [4.78, 5) is 12.5. The highest BCUT2D eigenvalue weighted by Gasteiger charge is 2.14. The number of aliphatic hydroxyl groups is 1. The molecule has 0 saturated carbocycles. The van der Waals surface area contributed by atoms with Gasteiger partial charge >= 0.3 is 0 Å². The van der Waals surface area contributed by atoms with E-state index in [4.69, 9.17) is 0 Å². The molecule has 0 bridgehead atoms. The van der Waals surface area contributed by atoms with Crippen LogP contribution in [0.4, 0.5) is 5.69 Å². The van der Waals surface area contributed by atoms with Crippen molar-refractivity contribution in [1.82, 2.24) is 4.90 Å². The third-order valence-electron chi connectivity index (χ3n) is 3.66. The largest absolute Gasteiger partial charge is 0.388 e. The second-order valence-electron chi connectivity index (χ2n) is 5.06. The third kappa shape index (κ3) is 4.01. The molecule has 0 spiro atoms. The first kappa shape index (κ1) is 14.0. The molecule has 1 aliphatic rings. The van der Waals surface area contributed by atoms with Crippen molar-refractivity contribution in [2.45, 2.75) is 31.8 Å². The fourth-order valence-electron chi connectivity index (χ4n) is 2.47. The van der Waals surface area contributed by atoms with Crippen molar-refractivity contribution in [3.8, 4) is 0 Å². The van der Waals surface area contributed by atoms with Gasteiger partial charge in [-0.3, -0.25) is 10.1 Å². The van der Waals surface area contributed by atoms with Gasteiger partial charge in [0.1, 0.15) is 0 Å². The van der Waals surface area contributed by atoms with Crippen LogP contribution in [0.3, 0.4) is 0 Å². The molecule has 0 aromatic heterocycles. The second kappa shape index (κ2) is 6.63. The molecule has 1 fully saturated rings. The molecule has 1 atom stereocenters. The van der Waals surface area contributed by atoms with Gasteiger partial charge in [-0.05, 0) is 50.0 Å².